The van der Waals surface area contributed by atoms with Crippen molar-refractivity contribution in [2.45, 2.75) is 32.2 Å². The van der Waals surface area contributed by atoms with Crippen LogP contribution in [0.2, 0.25) is 0 Å². The van der Waals surface area contributed by atoms with Gasteiger partial charge < -0.3 is 15.8 Å². The van der Waals surface area contributed by atoms with Crippen molar-refractivity contribution >= 4 is 11.5 Å². The standard InChI is InChI=1S/C13H19N3O/c1-2-11(9-13(14)15-17)16-8-7-10-5-3-4-6-12(10)16/h3-6,11,17H,2,7-9H2,1H3,(H2,14,15). The van der Waals surface area contributed by atoms with Gasteiger partial charge in [0.1, 0.15) is 5.84 Å². The van der Waals surface area contributed by atoms with E-state index in [0.29, 0.717) is 18.3 Å². The van der Waals surface area contributed by atoms with Gasteiger partial charge in [0.15, 0.2) is 0 Å². The number of hydrogen-bond donors (Lipinski definition) is 2. The molecule has 0 aliphatic carbocycles. The molecule has 1 aliphatic heterocycles. The van der Waals surface area contributed by atoms with Crippen molar-refractivity contribution in [3.63, 3.8) is 0 Å². The number of fused-ring (bicyclic) bond motifs is 1. The van der Waals surface area contributed by atoms with Crippen molar-refractivity contribution in [2.75, 3.05) is 11.4 Å². The molecule has 3 N–H and O–H groups in total. The molecule has 1 heterocycles. The predicted octanol–water partition coefficient (Wildman–Crippen LogP) is 1.96. The van der Waals surface area contributed by atoms with E-state index < -0.39 is 0 Å². The summed E-state index contributed by atoms with van der Waals surface area (Å²) in [5.74, 6) is 0.307. The maximum Gasteiger partial charge on any atom is 0.141 e. The van der Waals surface area contributed by atoms with Gasteiger partial charge in [0.2, 0.25) is 0 Å². The first-order chi connectivity index (χ1) is 8.26. The van der Waals surface area contributed by atoms with Gasteiger partial charge in [-0.15, -0.1) is 0 Å². The van der Waals surface area contributed by atoms with E-state index >= 15 is 0 Å². The Labute approximate surface area is 102 Å². The van der Waals surface area contributed by atoms with Crippen LogP contribution in [-0.4, -0.2) is 23.6 Å². The molecule has 4 nitrogen and oxygen atoms in total. The first-order valence-corrected chi connectivity index (χ1v) is 6.07. The molecule has 1 aromatic carbocycles. The number of rotatable bonds is 4. The van der Waals surface area contributed by atoms with E-state index in [0.717, 1.165) is 19.4 Å². The molecule has 0 spiro atoms. The zero-order chi connectivity index (χ0) is 12.3. The van der Waals surface area contributed by atoms with Crippen molar-refractivity contribution < 1.29 is 5.21 Å². The third-order valence-electron chi connectivity index (χ3n) is 3.41. The highest BCUT2D eigenvalue weighted by molar-refractivity contribution is 5.81. The fraction of sp³-hybridized carbons (Fsp3) is 0.462. The normalized spacial score (nSPS) is 17.0. The Hall–Kier alpha value is -1.71. The fourth-order valence-electron chi connectivity index (χ4n) is 2.50. The van der Waals surface area contributed by atoms with E-state index in [1.807, 2.05) is 0 Å². The summed E-state index contributed by atoms with van der Waals surface area (Å²) in [5, 5.41) is 11.7. The molecular formula is C13H19N3O. The highest BCUT2D eigenvalue weighted by Crippen LogP contribution is 2.30. The van der Waals surface area contributed by atoms with E-state index in [1.165, 1.54) is 11.3 Å². The second-order valence-electron chi connectivity index (χ2n) is 4.43. The van der Waals surface area contributed by atoms with E-state index in [-0.39, 0.29) is 0 Å². The fourth-order valence-corrected chi connectivity index (χ4v) is 2.50. The lowest BCUT2D eigenvalue weighted by molar-refractivity contribution is 0.316. The number of oxime groups is 1. The predicted molar refractivity (Wildman–Crippen MR) is 69.6 cm³/mol. The van der Waals surface area contributed by atoms with Crippen molar-refractivity contribution in [3.8, 4) is 0 Å². The third-order valence-corrected chi connectivity index (χ3v) is 3.41. The summed E-state index contributed by atoms with van der Waals surface area (Å²) in [6.45, 7) is 3.16. The second-order valence-corrected chi connectivity index (χ2v) is 4.43. The van der Waals surface area contributed by atoms with Gasteiger partial charge in [0.05, 0.1) is 0 Å². The van der Waals surface area contributed by atoms with E-state index in [1.54, 1.807) is 0 Å². The second kappa shape index (κ2) is 5.08. The molecule has 4 heteroatoms. The Morgan fingerprint density at radius 3 is 3.00 bits per heavy atom. The molecule has 1 unspecified atom stereocenters. The van der Waals surface area contributed by atoms with Gasteiger partial charge in [0.25, 0.3) is 0 Å². The number of benzene rings is 1. The number of nitrogens with zero attached hydrogens (tertiary/aromatic N) is 2. The maximum absolute atomic E-state index is 8.66. The Morgan fingerprint density at radius 2 is 2.29 bits per heavy atom. The van der Waals surface area contributed by atoms with Crippen molar-refractivity contribution in [2.24, 2.45) is 10.9 Å². The molecule has 0 saturated heterocycles. The Bertz CT molecular complexity index is 417. The Morgan fingerprint density at radius 1 is 1.53 bits per heavy atom. The summed E-state index contributed by atoms with van der Waals surface area (Å²) in [7, 11) is 0. The van der Waals surface area contributed by atoms with Gasteiger partial charge in [-0.3, -0.25) is 0 Å². The minimum Gasteiger partial charge on any atom is -0.409 e. The number of amidine groups is 1. The molecule has 17 heavy (non-hydrogen) atoms. The van der Waals surface area contributed by atoms with Gasteiger partial charge in [-0.2, -0.15) is 0 Å². The van der Waals surface area contributed by atoms with Crippen LogP contribution in [0.1, 0.15) is 25.3 Å². The monoisotopic (exact) mass is 233 g/mol. The summed E-state index contributed by atoms with van der Waals surface area (Å²) >= 11 is 0. The topological polar surface area (TPSA) is 61.9 Å². The maximum atomic E-state index is 8.66. The zero-order valence-corrected chi connectivity index (χ0v) is 10.1. The van der Waals surface area contributed by atoms with Crippen LogP contribution >= 0.6 is 0 Å². The molecule has 0 saturated carbocycles. The summed E-state index contributed by atoms with van der Waals surface area (Å²) in [6.07, 6.45) is 2.69. The SMILES string of the molecule is CCC(C/C(N)=N/O)N1CCc2ccccc21. The molecule has 1 aliphatic rings. The molecule has 0 amide bonds. The van der Waals surface area contributed by atoms with Gasteiger partial charge in [-0.1, -0.05) is 30.3 Å². The van der Waals surface area contributed by atoms with E-state index in [4.69, 9.17) is 10.9 Å². The quantitative estimate of drug-likeness (QED) is 0.362. The average molecular weight is 233 g/mol. The molecule has 0 radical (unpaired) electrons. The number of anilines is 1. The molecule has 1 aromatic rings. The minimum absolute atomic E-state index is 0.307. The molecule has 0 bridgehead atoms. The third kappa shape index (κ3) is 2.35. The highest BCUT2D eigenvalue weighted by atomic mass is 16.4. The van der Waals surface area contributed by atoms with Gasteiger partial charge in [-0.25, -0.2) is 0 Å². The Kier molecular flexibility index (Phi) is 3.52. The summed E-state index contributed by atoms with van der Waals surface area (Å²) < 4.78 is 0. The number of hydrogen-bond acceptors (Lipinski definition) is 3. The highest BCUT2D eigenvalue weighted by Gasteiger charge is 2.25. The molecular weight excluding hydrogens is 214 g/mol. The Balaban J connectivity index is 2.17. The lowest BCUT2D eigenvalue weighted by Gasteiger charge is -2.29. The van der Waals surface area contributed by atoms with E-state index in [2.05, 4.69) is 41.2 Å². The van der Waals surface area contributed by atoms with Gasteiger partial charge in [-0.05, 0) is 24.5 Å². The van der Waals surface area contributed by atoms with Crippen LogP contribution in [0.4, 0.5) is 5.69 Å². The number of nitrogens with two attached hydrogens (primary N) is 1. The number of para-hydroxylation sites is 1. The van der Waals surface area contributed by atoms with Gasteiger partial charge >= 0.3 is 0 Å². The van der Waals surface area contributed by atoms with Gasteiger partial charge in [0, 0.05) is 24.7 Å². The largest absolute Gasteiger partial charge is 0.409 e. The lowest BCUT2D eigenvalue weighted by Crippen LogP contribution is -2.36. The molecule has 2 rings (SSSR count). The molecule has 0 fully saturated rings. The van der Waals surface area contributed by atoms with Crippen molar-refractivity contribution in [3.05, 3.63) is 29.8 Å². The van der Waals surface area contributed by atoms with Crippen molar-refractivity contribution in [1.82, 2.24) is 0 Å². The van der Waals surface area contributed by atoms with Crippen molar-refractivity contribution in [1.29, 1.82) is 0 Å². The minimum atomic E-state index is 0.307. The van der Waals surface area contributed by atoms with Crippen LogP contribution in [-0.2, 0) is 6.42 Å². The summed E-state index contributed by atoms with van der Waals surface area (Å²) in [5.41, 5.74) is 8.30. The average Bonchev–Trinajstić information content (AvgIpc) is 2.79. The molecule has 0 aromatic heterocycles. The van der Waals surface area contributed by atoms with E-state index in [9.17, 15) is 0 Å². The smallest absolute Gasteiger partial charge is 0.141 e. The summed E-state index contributed by atoms with van der Waals surface area (Å²) in [4.78, 5) is 2.37. The molecule has 92 valence electrons. The van der Waals surface area contributed by atoms with Crippen LogP contribution < -0.4 is 10.6 Å². The van der Waals surface area contributed by atoms with Crippen LogP contribution in [0.25, 0.3) is 0 Å². The van der Waals surface area contributed by atoms with Crippen LogP contribution in [0.3, 0.4) is 0 Å². The first-order valence-electron chi connectivity index (χ1n) is 6.07. The lowest BCUT2D eigenvalue weighted by atomic mass is 10.1. The molecule has 1 atom stereocenters. The summed E-state index contributed by atoms with van der Waals surface area (Å²) in [6, 6.07) is 8.78. The first kappa shape index (κ1) is 11.8. The van der Waals surface area contributed by atoms with Crippen LogP contribution in [0.15, 0.2) is 29.4 Å². The van der Waals surface area contributed by atoms with Crippen LogP contribution in [0, 0.1) is 0 Å². The zero-order valence-electron chi connectivity index (χ0n) is 10.1. The van der Waals surface area contributed by atoms with Crippen LogP contribution in [0.5, 0.6) is 0 Å².